The number of fused-ring (bicyclic) bond motifs is 1. The molecule has 0 aromatic heterocycles. The first-order valence-corrected chi connectivity index (χ1v) is 9.91. The quantitative estimate of drug-likeness (QED) is 0.799. The van der Waals surface area contributed by atoms with Gasteiger partial charge in [-0.2, -0.15) is 5.10 Å². The number of nitrogen functional groups attached to an aromatic ring is 1. The standard InChI is InChI=1S/C20H22N4O3S/c1-12-8-14-9-17(25-2)18(26-3)10-16(14)19(13-4-6-15(21)7-5-13)22-24(12)20-23-27-11-28-20/h4-7,9-10,12H,8,11,21H2,1-3H3/t12-/m0/s1. The van der Waals surface area contributed by atoms with E-state index >= 15 is 0 Å². The minimum absolute atomic E-state index is 0.0936. The minimum Gasteiger partial charge on any atom is -0.493 e. The Morgan fingerprint density at radius 3 is 2.50 bits per heavy atom. The first-order valence-electron chi connectivity index (χ1n) is 8.92. The van der Waals surface area contributed by atoms with Crippen molar-refractivity contribution in [3.63, 3.8) is 0 Å². The van der Waals surface area contributed by atoms with Crippen molar-refractivity contribution in [2.45, 2.75) is 19.4 Å². The lowest BCUT2D eigenvalue weighted by Gasteiger charge is -2.23. The summed E-state index contributed by atoms with van der Waals surface area (Å²) in [6.07, 6.45) is 0.775. The molecule has 0 amide bonds. The van der Waals surface area contributed by atoms with Gasteiger partial charge in [0.25, 0.3) is 0 Å². The normalized spacial score (nSPS) is 18.5. The van der Waals surface area contributed by atoms with Crippen molar-refractivity contribution >= 4 is 28.3 Å². The van der Waals surface area contributed by atoms with E-state index in [0.717, 1.165) is 34.0 Å². The van der Waals surface area contributed by atoms with E-state index in [1.807, 2.05) is 41.4 Å². The molecule has 0 saturated carbocycles. The van der Waals surface area contributed by atoms with E-state index < -0.39 is 0 Å². The highest BCUT2D eigenvalue weighted by molar-refractivity contribution is 8.13. The van der Waals surface area contributed by atoms with E-state index in [-0.39, 0.29) is 6.04 Å². The summed E-state index contributed by atoms with van der Waals surface area (Å²) < 4.78 is 11.1. The lowest BCUT2D eigenvalue weighted by Crippen LogP contribution is -2.33. The number of thioether (sulfide) groups is 1. The second-order valence-electron chi connectivity index (χ2n) is 6.60. The van der Waals surface area contributed by atoms with Crippen molar-refractivity contribution < 1.29 is 14.3 Å². The Balaban J connectivity index is 1.91. The number of nitrogens with zero attached hydrogens (tertiary/aromatic N) is 3. The number of oxime groups is 1. The zero-order chi connectivity index (χ0) is 19.7. The maximum atomic E-state index is 5.89. The van der Waals surface area contributed by atoms with Crippen LogP contribution in [0.15, 0.2) is 46.7 Å². The summed E-state index contributed by atoms with van der Waals surface area (Å²) in [5.74, 6) is 1.87. The van der Waals surface area contributed by atoms with Crippen LogP contribution in [0, 0.1) is 0 Å². The van der Waals surface area contributed by atoms with Crippen LogP contribution < -0.4 is 15.2 Å². The number of hydrogen-bond acceptors (Lipinski definition) is 8. The SMILES string of the molecule is COc1cc2c(cc1OC)C(c1ccc(N)cc1)=NN(C1=NOCS1)[C@@H](C)C2. The average molecular weight is 398 g/mol. The molecular weight excluding hydrogens is 376 g/mol. The first-order chi connectivity index (χ1) is 13.6. The van der Waals surface area contributed by atoms with Gasteiger partial charge in [0, 0.05) is 16.8 Å². The van der Waals surface area contributed by atoms with Crippen molar-refractivity contribution in [2.24, 2.45) is 10.3 Å². The molecule has 0 saturated heterocycles. The third-order valence-electron chi connectivity index (χ3n) is 4.77. The molecule has 0 radical (unpaired) electrons. The summed E-state index contributed by atoms with van der Waals surface area (Å²) in [6, 6.07) is 11.8. The molecule has 2 N–H and O–H groups in total. The molecule has 2 aromatic carbocycles. The summed E-state index contributed by atoms with van der Waals surface area (Å²) in [4.78, 5) is 5.19. The van der Waals surface area contributed by atoms with Crippen molar-refractivity contribution in [3.8, 4) is 11.5 Å². The lowest BCUT2D eigenvalue weighted by molar-refractivity contribution is 0.198. The van der Waals surface area contributed by atoms with Gasteiger partial charge in [-0.3, -0.25) is 0 Å². The molecule has 0 spiro atoms. The van der Waals surface area contributed by atoms with Gasteiger partial charge in [-0.1, -0.05) is 17.3 Å². The Kier molecular flexibility index (Phi) is 5.04. The Morgan fingerprint density at radius 2 is 1.86 bits per heavy atom. The van der Waals surface area contributed by atoms with E-state index in [1.165, 1.54) is 11.8 Å². The van der Waals surface area contributed by atoms with Gasteiger partial charge in [-0.15, -0.1) is 0 Å². The molecule has 4 rings (SSSR count). The van der Waals surface area contributed by atoms with Gasteiger partial charge in [0.1, 0.15) is 0 Å². The zero-order valence-electron chi connectivity index (χ0n) is 16.0. The molecule has 2 aliphatic heterocycles. The van der Waals surface area contributed by atoms with E-state index in [9.17, 15) is 0 Å². The molecule has 8 heteroatoms. The topological polar surface area (TPSA) is 81.7 Å². The highest BCUT2D eigenvalue weighted by Gasteiger charge is 2.29. The van der Waals surface area contributed by atoms with E-state index in [0.29, 0.717) is 23.1 Å². The highest BCUT2D eigenvalue weighted by atomic mass is 32.2. The van der Waals surface area contributed by atoms with Crippen LogP contribution in [-0.2, 0) is 11.3 Å². The van der Waals surface area contributed by atoms with Gasteiger partial charge >= 0.3 is 0 Å². The van der Waals surface area contributed by atoms with Crippen LogP contribution in [0.5, 0.6) is 11.5 Å². The van der Waals surface area contributed by atoms with Crippen molar-refractivity contribution in [2.75, 3.05) is 25.9 Å². The second kappa shape index (κ2) is 7.63. The van der Waals surface area contributed by atoms with Crippen LogP contribution in [0.4, 0.5) is 5.69 Å². The number of hydrogen-bond donors (Lipinski definition) is 1. The number of methoxy groups -OCH3 is 2. The maximum Gasteiger partial charge on any atom is 0.226 e. The fourth-order valence-electron chi connectivity index (χ4n) is 3.36. The number of ether oxygens (including phenoxy) is 2. The van der Waals surface area contributed by atoms with E-state index in [1.54, 1.807) is 14.2 Å². The number of amidine groups is 1. The Bertz CT molecular complexity index is 943. The van der Waals surface area contributed by atoms with Crippen LogP contribution in [0.2, 0.25) is 0 Å². The molecule has 146 valence electrons. The number of anilines is 1. The molecule has 0 aliphatic carbocycles. The van der Waals surface area contributed by atoms with Crippen molar-refractivity contribution in [1.29, 1.82) is 0 Å². The second-order valence-corrected chi connectivity index (χ2v) is 7.49. The largest absolute Gasteiger partial charge is 0.493 e. The van der Waals surface area contributed by atoms with Crippen molar-refractivity contribution in [3.05, 3.63) is 53.1 Å². The summed E-state index contributed by atoms with van der Waals surface area (Å²) >= 11 is 1.53. The van der Waals surface area contributed by atoms with Gasteiger partial charge in [-0.25, -0.2) is 5.01 Å². The van der Waals surface area contributed by atoms with Gasteiger partial charge < -0.3 is 20.0 Å². The smallest absolute Gasteiger partial charge is 0.226 e. The summed E-state index contributed by atoms with van der Waals surface area (Å²) in [6.45, 7) is 2.12. The molecule has 0 fully saturated rings. The summed E-state index contributed by atoms with van der Waals surface area (Å²) in [5, 5.41) is 11.8. The van der Waals surface area contributed by atoms with Crippen LogP contribution in [0.1, 0.15) is 23.6 Å². The lowest BCUT2D eigenvalue weighted by atomic mass is 9.94. The summed E-state index contributed by atoms with van der Waals surface area (Å²) in [5.41, 5.74) is 10.5. The molecule has 0 bridgehead atoms. The monoisotopic (exact) mass is 398 g/mol. The fraction of sp³-hybridized carbons (Fsp3) is 0.300. The maximum absolute atomic E-state index is 5.89. The molecule has 2 aliphatic rings. The highest BCUT2D eigenvalue weighted by Crippen LogP contribution is 2.35. The molecular formula is C20H22N4O3S. The third kappa shape index (κ3) is 3.35. The Morgan fingerprint density at radius 1 is 1.14 bits per heavy atom. The van der Waals surface area contributed by atoms with Crippen LogP contribution in [-0.4, -0.2) is 42.1 Å². The number of rotatable bonds is 3. The fourth-order valence-corrected chi connectivity index (χ4v) is 4.03. The third-order valence-corrected chi connectivity index (χ3v) is 5.51. The average Bonchev–Trinajstić information content (AvgIpc) is 3.19. The summed E-state index contributed by atoms with van der Waals surface area (Å²) in [7, 11) is 3.28. The van der Waals surface area contributed by atoms with E-state index in [2.05, 4.69) is 12.1 Å². The molecule has 28 heavy (non-hydrogen) atoms. The first kappa shape index (κ1) is 18.5. The minimum atomic E-state index is 0.0936. The number of nitrogens with two attached hydrogens (primary N) is 1. The predicted molar refractivity (Wildman–Crippen MR) is 112 cm³/mol. The van der Waals surface area contributed by atoms with Crippen LogP contribution in [0.3, 0.4) is 0 Å². The van der Waals surface area contributed by atoms with Crippen LogP contribution in [0.25, 0.3) is 0 Å². The molecule has 2 heterocycles. The Hall–Kier alpha value is -2.87. The number of hydrazone groups is 1. The zero-order valence-corrected chi connectivity index (χ0v) is 16.8. The van der Waals surface area contributed by atoms with Gasteiger partial charge in [0.2, 0.25) is 5.17 Å². The van der Waals surface area contributed by atoms with Gasteiger partial charge in [-0.05, 0) is 54.9 Å². The number of benzene rings is 2. The molecule has 2 aromatic rings. The molecule has 7 nitrogen and oxygen atoms in total. The van der Waals surface area contributed by atoms with Crippen molar-refractivity contribution in [1.82, 2.24) is 5.01 Å². The van der Waals surface area contributed by atoms with E-state index in [4.69, 9.17) is 25.1 Å². The predicted octanol–water partition coefficient (Wildman–Crippen LogP) is 3.28. The molecule has 0 unspecified atom stereocenters. The Labute approximate surface area is 168 Å². The molecule has 1 atom stereocenters. The van der Waals surface area contributed by atoms with Gasteiger partial charge in [0.15, 0.2) is 17.4 Å². The van der Waals surface area contributed by atoms with Crippen LogP contribution >= 0.6 is 11.8 Å². The van der Waals surface area contributed by atoms with Gasteiger partial charge in [0.05, 0.1) is 26.0 Å².